The smallest absolute Gasteiger partial charge is 0.122 e. The van der Waals surface area contributed by atoms with Crippen molar-refractivity contribution in [3.63, 3.8) is 0 Å². The van der Waals surface area contributed by atoms with Gasteiger partial charge in [-0.25, -0.2) is 0 Å². The molecule has 3 heteroatoms. The molecule has 0 aliphatic heterocycles. The van der Waals surface area contributed by atoms with Crippen molar-refractivity contribution in [3.05, 3.63) is 29.8 Å². The molecule has 0 heterocycles. The third-order valence-corrected chi connectivity index (χ3v) is 2.96. The van der Waals surface area contributed by atoms with Crippen molar-refractivity contribution in [1.29, 1.82) is 5.26 Å². The quantitative estimate of drug-likeness (QED) is 0.752. The van der Waals surface area contributed by atoms with E-state index in [1.165, 1.54) is 5.56 Å². The maximum atomic E-state index is 8.79. The number of unbranched alkanes of at least 4 members (excludes halogenated alkanes) is 1. The molecule has 98 valence electrons. The van der Waals surface area contributed by atoms with Gasteiger partial charge >= 0.3 is 0 Å². The molecule has 0 amide bonds. The van der Waals surface area contributed by atoms with Gasteiger partial charge in [-0.15, -0.1) is 0 Å². The van der Waals surface area contributed by atoms with E-state index in [9.17, 15) is 0 Å². The van der Waals surface area contributed by atoms with Crippen LogP contribution in [0.1, 0.15) is 38.7 Å². The molecule has 1 atom stereocenters. The number of hydrogen-bond donors (Lipinski definition) is 1. The number of nitrogens with zero attached hydrogens (tertiary/aromatic N) is 1. The van der Waals surface area contributed by atoms with Gasteiger partial charge < -0.3 is 10.5 Å². The van der Waals surface area contributed by atoms with E-state index < -0.39 is 5.54 Å². The van der Waals surface area contributed by atoms with Crippen molar-refractivity contribution in [2.45, 2.75) is 45.1 Å². The van der Waals surface area contributed by atoms with Crippen molar-refractivity contribution in [1.82, 2.24) is 0 Å². The first-order chi connectivity index (χ1) is 8.59. The van der Waals surface area contributed by atoms with Crippen LogP contribution >= 0.6 is 0 Å². The van der Waals surface area contributed by atoms with Gasteiger partial charge in [0.15, 0.2) is 0 Å². The molecule has 0 aliphatic rings. The molecule has 0 spiro atoms. The van der Waals surface area contributed by atoms with Crippen LogP contribution in [0.25, 0.3) is 0 Å². The predicted octanol–water partition coefficient (Wildman–Crippen LogP) is 3.04. The largest absolute Gasteiger partial charge is 0.493 e. The second-order valence-corrected chi connectivity index (χ2v) is 4.80. The number of rotatable bonds is 7. The minimum Gasteiger partial charge on any atom is -0.493 e. The van der Waals surface area contributed by atoms with Crippen molar-refractivity contribution >= 4 is 0 Å². The van der Waals surface area contributed by atoms with Crippen LogP contribution in [0.5, 0.6) is 5.75 Å². The predicted molar refractivity (Wildman–Crippen MR) is 73.4 cm³/mol. The third-order valence-electron chi connectivity index (χ3n) is 2.96. The normalized spacial score (nSPS) is 13.7. The number of hydrogen-bond acceptors (Lipinski definition) is 3. The maximum Gasteiger partial charge on any atom is 0.122 e. The monoisotopic (exact) mass is 246 g/mol. The Morgan fingerprint density at radius 2 is 2.06 bits per heavy atom. The van der Waals surface area contributed by atoms with E-state index in [-0.39, 0.29) is 0 Å². The lowest BCUT2D eigenvalue weighted by atomic mass is 9.98. The van der Waals surface area contributed by atoms with Crippen LogP contribution in [-0.4, -0.2) is 12.1 Å². The number of nitriles is 1. The molecule has 2 N–H and O–H groups in total. The van der Waals surface area contributed by atoms with Crippen molar-refractivity contribution in [2.24, 2.45) is 5.73 Å². The maximum absolute atomic E-state index is 8.79. The van der Waals surface area contributed by atoms with Gasteiger partial charge in [-0.05, 0) is 44.2 Å². The fourth-order valence-corrected chi connectivity index (χ4v) is 1.77. The van der Waals surface area contributed by atoms with Gasteiger partial charge in [0.25, 0.3) is 0 Å². The average Bonchev–Trinajstić information content (AvgIpc) is 2.38. The van der Waals surface area contributed by atoms with Gasteiger partial charge in [-0.1, -0.05) is 25.1 Å². The summed E-state index contributed by atoms with van der Waals surface area (Å²) in [4.78, 5) is 0. The van der Waals surface area contributed by atoms with Gasteiger partial charge in [0.05, 0.1) is 12.7 Å². The Kier molecular flexibility index (Phi) is 5.67. The number of ether oxygens (including phenoxy) is 1. The molecular formula is C15H22N2O. The van der Waals surface area contributed by atoms with Crippen LogP contribution in [-0.2, 0) is 6.42 Å². The van der Waals surface area contributed by atoms with Crippen molar-refractivity contribution in [2.75, 3.05) is 6.61 Å². The molecule has 0 aromatic heterocycles. The number of nitrogens with two attached hydrogens (primary N) is 1. The Hall–Kier alpha value is -1.53. The highest BCUT2D eigenvalue weighted by atomic mass is 16.5. The molecule has 0 saturated heterocycles. The Bertz CT molecular complexity index is 407. The van der Waals surface area contributed by atoms with Crippen LogP contribution in [0, 0.1) is 11.3 Å². The number of para-hydroxylation sites is 1. The molecular weight excluding hydrogens is 224 g/mol. The van der Waals surface area contributed by atoms with Crippen LogP contribution in [0.15, 0.2) is 24.3 Å². The van der Waals surface area contributed by atoms with E-state index in [0.29, 0.717) is 13.0 Å². The molecule has 18 heavy (non-hydrogen) atoms. The van der Waals surface area contributed by atoms with Gasteiger partial charge in [0.1, 0.15) is 11.3 Å². The molecule has 1 aromatic carbocycles. The summed E-state index contributed by atoms with van der Waals surface area (Å²) in [5.41, 5.74) is 6.28. The summed E-state index contributed by atoms with van der Waals surface area (Å²) in [6, 6.07) is 10.2. The molecule has 3 nitrogen and oxygen atoms in total. The molecule has 1 unspecified atom stereocenters. The highest BCUT2D eigenvalue weighted by molar-refractivity contribution is 5.33. The zero-order valence-electron chi connectivity index (χ0n) is 11.3. The average molecular weight is 246 g/mol. The minimum absolute atomic E-state index is 0.679. The van der Waals surface area contributed by atoms with Crippen molar-refractivity contribution < 1.29 is 4.74 Å². The lowest BCUT2D eigenvalue weighted by molar-refractivity contribution is 0.298. The van der Waals surface area contributed by atoms with E-state index in [2.05, 4.69) is 19.1 Å². The molecule has 0 aliphatic carbocycles. The fourth-order valence-electron chi connectivity index (χ4n) is 1.77. The van der Waals surface area contributed by atoms with Crippen molar-refractivity contribution in [3.8, 4) is 11.8 Å². The lowest BCUT2D eigenvalue weighted by Gasteiger charge is -2.15. The lowest BCUT2D eigenvalue weighted by Crippen LogP contribution is -2.33. The van der Waals surface area contributed by atoms with Gasteiger partial charge in [0, 0.05) is 0 Å². The summed E-state index contributed by atoms with van der Waals surface area (Å²) >= 11 is 0. The molecule has 0 saturated carbocycles. The van der Waals surface area contributed by atoms with Gasteiger partial charge in [0.2, 0.25) is 0 Å². The summed E-state index contributed by atoms with van der Waals surface area (Å²) in [5, 5.41) is 8.79. The number of aryl methyl sites for hydroxylation is 1. The topological polar surface area (TPSA) is 59.0 Å². The highest BCUT2D eigenvalue weighted by Crippen LogP contribution is 2.19. The summed E-state index contributed by atoms with van der Waals surface area (Å²) in [6.07, 6.45) is 3.52. The van der Waals surface area contributed by atoms with E-state index in [1.54, 1.807) is 6.92 Å². The second-order valence-electron chi connectivity index (χ2n) is 4.80. The summed E-state index contributed by atoms with van der Waals surface area (Å²) < 4.78 is 5.75. The Labute approximate surface area is 110 Å². The molecule has 1 rings (SSSR count). The summed E-state index contributed by atoms with van der Waals surface area (Å²) in [6.45, 7) is 4.56. The fraction of sp³-hybridized carbons (Fsp3) is 0.533. The minimum atomic E-state index is -0.707. The standard InChI is InChI=1S/C15H22N2O/c1-3-13-8-4-5-9-14(13)18-11-7-6-10-15(2,17)12-16/h4-5,8-9H,3,6-7,10-11,17H2,1-2H3. The zero-order chi connectivity index (χ0) is 13.4. The molecule has 0 fully saturated rings. The van der Waals surface area contributed by atoms with Crippen LogP contribution in [0.2, 0.25) is 0 Å². The number of benzene rings is 1. The van der Waals surface area contributed by atoms with E-state index in [4.69, 9.17) is 15.7 Å². The van der Waals surface area contributed by atoms with E-state index >= 15 is 0 Å². The Morgan fingerprint density at radius 1 is 1.33 bits per heavy atom. The third kappa shape index (κ3) is 4.77. The van der Waals surface area contributed by atoms with Crippen LogP contribution < -0.4 is 10.5 Å². The first-order valence-electron chi connectivity index (χ1n) is 6.50. The van der Waals surface area contributed by atoms with E-state index in [1.807, 2.05) is 18.2 Å². The van der Waals surface area contributed by atoms with Crippen LogP contribution in [0.3, 0.4) is 0 Å². The van der Waals surface area contributed by atoms with Crippen LogP contribution in [0.4, 0.5) is 0 Å². The molecule has 0 radical (unpaired) electrons. The summed E-state index contributed by atoms with van der Waals surface area (Å²) in [5.74, 6) is 0.968. The Balaban J connectivity index is 2.28. The first kappa shape index (κ1) is 14.5. The first-order valence-corrected chi connectivity index (χ1v) is 6.50. The zero-order valence-corrected chi connectivity index (χ0v) is 11.3. The highest BCUT2D eigenvalue weighted by Gasteiger charge is 2.15. The van der Waals surface area contributed by atoms with Gasteiger partial charge in [-0.3, -0.25) is 0 Å². The Morgan fingerprint density at radius 3 is 2.72 bits per heavy atom. The second kappa shape index (κ2) is 7.03. The molecule has 1 aromatic rings. The van der Waals surface area contributed by atoms with E-state index in [0.717, 1.165) is 25.0 Å². The molecule has 0 bridgehead atoms. The summed E-state index contributed by atoms with van der Waals surface area (Å²) in [7, 11) is 0. The SMILES string of the molecule is CCc1ccccc1OCCCCC(C)(N)C#N. The van der Waals surface area contributed by atoms with Gasteiger partial charge in [-0.2, -0.15) is 5.26 Å².